The van der Waals surface area contributed by atoms with Gasteiger partial charge >= 0.3 is 0 Å². The Morgan fingerprint density at radius 1 is 1.41 bits per heavy atom. The predicted octanol–water partition coefficient (Wildman–Crippen LogP) is 3.55. The Morgan fingerprint density at radius 3 is 3.05 bits per heavy atom. The lowest BCUT2D eigenvalue weighted by atomic mass is 10.3. The first-order valence-electron chi connectivity index (χ1n) is 6.79. The van der Waals surface area contributed by atoms with Crippen molar-refractivity contribution in [2.45, 2.75) is 13.5 Å². The number of nitrogens with zero attached hydrogens (tertiary/aromatic N) is 2. The van der Waals surface area contributed by atoms with Crippen LogP contribution >= 0.6 is 11.3 Å². The zero-order valence-corrected chi connectivity index (χ0v) is 12.8. The molecule has 0 spiro atoms. The molecule has 0 aliphatic rings. The topological polar surface area (TPSA) is 60.1 Å². The highest BCUT2D eigenvalue weighted by Crippen LogP contribution is 2.13. The summed E-state index contributed by atoms with van der Waals surface area (Å²) in [6.07, 6.45) is 4.75. The Hall–Kier alpha value is -2.60. The lowest BCUT2D eigenvalue weighted by Gasteiger charge is -2.06. The van der Waals surface area contributed by atoms with Crippen LogP contribution in [-0.2, 0) is 11.3 Å². The van der Waals surface area contributed by atoms with Crippen LogP contribution < -0.4 is 5.32 Å². The molecule has 3 aromatic heterocycles. The summed E-state index contributed by atoms with van der Waals surface area (Å²) in [7, 11) is 0. The maximum absolute atomic E-state index is 12.0. The minimum Gasteiger partial charge on any atom is -0.462 e. The predicted molar refractivity (Wildman–Crippen MR) is 86.8 cm³/mol. The molecule has 0 aliphatic heterocycles. The van der Waals surface area contributed by atoms with Gasteiger partial charge in [-0.2, -0.15) is 16.4 Å². The summed E-state index contributed by atoms with van der Waals surface area (Å²) in [5.41, 5.74) is 1.16. The molecule has 1 amide bonds. The van der Waals surface area contributed by atoms with E-state index in [1.54, 1.807) is 34.4 Å². The number of hydrogen-bond acceptors (Lipinski definition) is 4. The molecule has 3 aromatic rings. The fourth-order valence-electron chi connectivity index (χ4n) is 1.99. The van der Waals surface area contributed by atoms with Crippen molar-refractivity contribution in [1.82, 2.24) is 9.78 Å². The molecule has 1 N–H and O–H groups in total. The lowest BCUT2D eigenvalue weighted by molar-refractivity contribution is -0.111. The number of aromatic nitrogens is 2. The van der Waals surface area contributed by atoms with Crippen LogP contribution in [0, 0.1) is 6.92 Å². The Balaban J connectivity index is 1.64. The zero-order valence-electron chi connectivity index (χ0n) is 12.0. The number of rotatable bonds is 5. The Kier molecular flexibility index (Phi) is 4.20. The highest BCUT2D eigenvalue weighted by Gasteiger charge is 2.06. The van der Waals surface area contributed by atoms with E-state index in [1.807, 2.05) is 30.5 Å². The molecule has 0 atom stereocenters. The van der Waals surface area contributed by atoms with Crippen molar-refractivity contribution in [3.8, 4) is 0 Å². The SMILES string of the molecule is Cc1ccc(/C=C/C(=O)Nc2ccnn2Cc2ccsc2)o1. The monoisotopic (exact) mass is 313 g/mol. The molecular formula is C16H15N3O2S. The van der Waals surface area contributed by atoms with Crippen molar-refractivity contribution in [1.29, 1.82) is 0 Å². The second kappa shape index (κ2) is 6.44. The van der Waals surface area contributed by atoms with Crippen LogP contribution in [0.2, 0.25) is 0 Å². The lowest BCUT2D eigenvalue weighted by Crippen LogP contribution is -2.13. The molecule has 5 nitrogen and oxygen atoms in total. The Morgan fingerprint density at radius 2 is 2.32 bits per heavy atom. The van der Waals surface area contributed by atoms with E-state index in [1.165, 1.54) is 6.08 Å². The Labute approximate surface area is 131 Å². The first-order valence-corrected chi connectivity index (χ1v) is 7.73. The van der Waals surface area contributed by atoms with Gasteiger partial charge in [0.05, 0.1) is 12.7 Å². The van der Waals surface area contributed by atoms with Gasteiger partial charge in [0.15, 0.2) is 0 Å². The number of thiophene rings is 1. The quantitative estimate of drug-likeness (QED) is 0.733. The molecule has 0 aliphatic carbocycles. The number of aryl methyl sites for hydroxylation is 1. The van der Waals surface area contributed by atoms with Crippen LogP contribution in [0.4, 0.5) is 5.82 Å². The van der Waals surface area contributed by atoms with Gasteiger partial charge in [0, 0.05) is 12.1 Å². The molecule has 6 heteroatoms. The van der Waals surface area contributed by atoms with E-state index in [0.29, 0.717) is 18.1 Å². The average Bonchev–Trinajstić information content (AvgIpc) is 3.22. The maximum Gasteiger partial charge on any atom is 0.249 e. The van der Waals surface area contributed by atoms with Crippen molar-refractivity contribution in [3.05, 3.63) is 64.4 Å². The molecule has 0 unspecified atom stereocenters. The number of carbonyl (C=O) groups excluding carboxylic acids is 1. The van der Waals surface area contributed by atoms with Gasteiger partial charge in [0.1, 0.15) is 17.3 Å². The summed E-state index contributed by atoms with van der Waals surface area (Å²) in [6.45, 7) is 2.49. The van der Waals surface area contributed by atoms with Gasteiger partial charge in [-0.15, -0.1) is 0 Å². The standard InChI is InChI=1S/C16H15N3O2S/c1-12-2-3-14(21-12)4-5-16(20)18-15-6-8-17-19(15)10-13-7-9-22-11-13/h2-9,11H,10H2,1H3,(H,18,20)/b5-4+. The fraction of sp³-hybridized carbons (Fsp3) is 0.125. The van der Waals surface area contributed by atoms with Crippen molar-refractivity contribution in [2.24, 2.45) is 0 Å². The van der Waals surface area contributed by atoms with Crippen LogP contribution in [0.15, 0.2) is 51.7 Å². The zero-order chi connectivity index (χ0) is 15.4. The molecule has 3 rings (SSSR count). The Bertz CT molecular complexity index is 784. The minimum atomic E-state index is -0.221. The second-order valence-corrected chi connectivity index (χ2v) is 5.56. The number of amides is 1. The number of nitrogens with one attached hydrogen (secondary N) is 1. The highest BCUT2D eigenvalue weighted by atomic mass is 32.1. The number of carbonyl (C=O) groups is 1. The van der Waals surface area contributed by atoms with Gasteiger partial charge in [-0.3, -0.25) is 4.79 Å². The molecule has 3 heterocycles. The summed E-state index contributed by atoms with van der Waals surface area (Å²) in [5, 5.41) is 11.1. The summed E-state index contributed by atoms with van der Waals surface area (Å²) < 4.78 is 7.13. The third kappa shape index (κ3) is 3.53. The number of furan rings is 1. The first-order chi connectivity index (χ1) is 10.7. The smallest absolute Gasteiger partial charge is 0.249 e. The van der Waals surface area contributed by atoms with E-state index in [2.05, 4.69) is 15.8 Å². The third-order valence-electron chi connectivity index (χ3n) is 3.04. The molecule has 22 heavy (non-hydrogen) atoms. The van der Waals surface area contributed by atoms with Crippen LogP contribution in [0.25, 0.3) is 6.08 Å². The van der Waals surface area contributed by atoms with Crippen molar-refractivity contribution in [2.75, 3.05) is 5.32 Å². The van der Waals surface area contributed by atoms with E-state index >= 15 is 0 Å². The van der Waals surface area contributed by atoms with E-state index in [0.717, 1.165) is 11.3 Å². The maximum atomic E-state index is 12.0. The molecule has 0 aromatic carbocycles. The summed E-state index contributed by atoms with van der Waals surface area (Å²) in [4.78, 5) is 12.0. The van der Waals surface area contributed by atoms with Crippen LogP contribution in [0.3, 0.4) is 0 Å². The normalized spacial score (nSPS) is 11.1. The largest absolute Gasteiger partial charge is 0.462 e. The van der Waals surface area contributed by atoms with Crippen LogP contribution in [0.1, 0.15) is 17.1 Å². The van der Waals surface area contributed by atoms with Crippen LogP contribution in [-0.4, -0.2) is 15.7 Å². The van der Waals surface area contributed by atoms with Gasteiger partial charge in [0.25, 0.3) is 0 Å². The summed E-state index contributed by atoms with van der Waals surface area (Å²) in [6, 6.07) is 7.49. The molecule has 0 bridgehead atoms. The van der Waals surface area contributed by atoms with E-state index < -0.39 is 0 Å². The van der Waals surface area contributed by atoms with Gasteiger partial charge in [-0.25, -0.2) is 4.68 Å². The second-order valence-electron chi connectivity index (χ2n) is 4.78. The van der Waals surface area contributed by atoms with Gasteiger partial charge in [0.2, 0.25) is 5.91 Å². The van der Waals surface area contributed by atoms with E-state index in [9.17, 15) is 4.79 Å². The molecule has 112 valence electrons. The molecule has 0 saturated carbocycles. The average molecular weight is 313 g/mol. The van der Waals surface area contributed by atoms with Gasteiger partial charge in [-0.1, -0.05) is 0 Å². The van der Waals surface area contributed by atoms with E-state index in [-0.39, 0.29) is 5.91 Å². The summed E-state index contributed by atoms with van der Waals surface area (Å²) >= 11 is 1.64. The van der Waals surface area contributed by atoms with Crippen LogP contribution in [0.5, 0.6) is 0 Å². The highest BCUT2D eigenvalue weighted by molar-refractivity contribution is 7.07. The molecular weight excluding hydrogens is 298 g/mol. The van der Waals surface area contributed by atoms with Gasteiger partial charge in [-0.05, 0) is 47.5 Å². The molecule has 0 fully saturated rings. The summed E-state index contributed by atoms with van der Waals surface area (Å²) in [5.74, 6) is 1.91. The van der Waals surface area contributed by atoms with Crippen molar-refractivity contribution in [3.63, 3.8) is 0 Å². The number of anilines is 1. The van der Waals surface area contributed by atoms with Gasteiger partial charge < -0.3 is 9.73 Å². The number of hydrogen-bond donors (Lipinski definition) is 1. The van der Waals surface area contributed by atoms with E-state index in [4.69, 9.17) is 4.42 Å². The minimum absolute atomic E-state index is 0.221. The van der Waals surface area contributed by atoms with Crippen molar-refractivity contribution >= 4 is 29.1 Å². The van der Waals surface area contributed by atoms with Crippen molar-refractivity contribution < 1.29 is 9.21 Å². The molecule has 0 saturated heterocycles. The first kappa shape index (κ1) is 14.3. The fourth-order valence-corrected chi connectivity index (χ4v) is 2.65. The third-order valence-corrected chi connectivity index (χ3v) is 3.77. The molecule has 0 radical (unpaired) electrons.